The first-order valence-corrected chi connectivity index (χ1v) is 6.04. The summed E-state index contributed by atoms with van der Waals surface area (Å²) in [6.07, 6.45) is 2.49. The molecule has 0 fully saturated rings. The fraction of sp³-hybridized carbons (Fsp3) is 0.286. The average molecular weight is 245 g/mol. The number of rotatable bonds is 1. The van der Waals surface area contributed by atoms with E-state index in [0.717, 1.165) is 36.4 Å². The lowest BCUT2D eigenvalue weighted by atomic mass is 9.91. The van der Waals surface area contributed by atoms with E-state index < -0.39 is 0 Å². The number of fused-ring (bicyclic) bond motifs is 1. The molecule has 0 amide bonds. The van der Waals surface area contributed by atoms with Crippen molar-refractivity contribution in [2.45, 2.75) is 12.3 Å². The smallest absolute Gasteiger partial charge is 0.157 e. The van der Waals surface area contributed by atoms with Crippen LogP contribution in [-0.4, -0.2) is 23.3 Å². The van der Waals surface area contributed by atoms with Crippen LogP contribution in [0.4, 0.5) is 0 Å². The summed E-state index contributed by atoms with van der Waals surface area (Å²) in [5.41, 5.74) is 2.07. The van der Waals surface area contributed by atoms with Crippen molar-refractivity contribution in [1.82, 2.24) is 5.32 Å². The predicted molar refractivity (Wildman–Crippen MR) is 66.9 cm³/mol. The SMILES string of the molecule is Oc1cc2c(cc1O)C(c1ccco1)CNCC2. The zero-order valence-corrected chi connectivity index (χ0v) is 9.89. The summed E-state index contributed by atoms with van der Waals surface area (Å²) >= 11 is 0. The monoisotopic (exact) mass is 245 g/mol. The molecule has 0 saturated carbocycles. The van der Waals surface area contributed by atoms with E-state index in [1.165, 1.54) is 0 Å². The van der Waals surface area contributed by atoms with Crippen molar-refractivity contribution in [3.05, 3.63) is 47.4 Å². The Morgan fingerprint density at radius 3 is 2.83 bits per heavy atom. The molecule has 2 aromatic rings. The van der Waals surface area contributed by atoms with E-state index in [2.05, 4.69) is 5.32 Å². The molecule has 1 aliphatic heterocycles. The topological polar surface area (TPSA) is 65.6 Å². The summed E-state index contributed by atoms with van der Waals surface area (Å²) < 4.78 is 5.47. The van der Waals surface area contributed by atoms with Gasteiger partial charge in [0.2, 0.25) is 0 Å². The molecule has 4 heteroatoms. The molecule has 0 bridgehead atoms. The highest BCUT2D eigenvalue weighted by atomic mass is 16.3. The summed E-state index contributed by atoms with van der Waals surface area (Å²) in [5.74, 6) is 0.806. The van der Waals surface area contributed by atoms with E-state index in [0.29, 0.717) is 0 Å². The Morgan fingerprint density at radius 1 is 1.22 bits per heavy atom. The first-order valence-electron chi connectivity index (χ1n) is 6.04. The zero-order chi connectivity index (χ0) is 12.5. The molecule has 2 heterocycles. The molecular weight excluding hydrogens is 230 g/mol. The molecule has 3 rings (SSSR count). The van der Waals surface area contributed by atoms with Crippen molar-refractivity contribution in [3.8, 4) is 11.5 Å². The fourth-order valence-electron chi connectivity index (χ4n) is 2.50. The van der Waals surface area contributed by atoms with Gasteiger partial charge in [0.15, 0.2) is 11.5 Å². The van der Waals surface area contributed by atoms with Gasteiger partial charge in [0.1, 0.15) is 5.76 Å². The minimum absolute atomic E-state index is 0.0613. The Balaban J connectivity index is 2.11. The van der Waals surface area contributed by atoms with Crippen molar-refractivity contribution in [2.75, 3.05) is 13.1 Å². The number of hydrogen-bond donors (Lipinski definition) is 3. The number of phenolic OH excluding ortho intramolecular Hbond substituents is 2. The Bertz CT molecular complexity index is 548. The van der Waals surface area contributed by atoms with Gasteiger partial charge < -0.3 is 19.9 Å². The van der Waals surface area contributed by atoms with Gasteiger partial charge in [-0.1, -0.05) is 0 Å². The van der Waals surface area contributed by atoms with Crippen molar-refractivity contribution < 1.29 is 14.6 Å². The van der Waals surface area contributed by atoms with Gasteiger partial charge in [-0.2, -0.15) is 0 Å². The largest absolute Gasteiger partial charge is 0.504 e. The van der Waals surface area contributed by atoms with Gasteiger partial charge in [-0.25, -0.2) is 0 Å². The maximum atomic E-state index is 9.68. The molecule has 1 aromatic carbocycles. The van der Waals surface area contributed by atoms with Crippen molar-refractivity contribution >= 4 is 0 Å². The predicted octanol–water partition coefficient (Wildman–Crippen LogP) is 1.97. The van der Waals surface area contributed by atoms with Crippen LogP contribution in [0.2, 0.25) is 0 Å². The van der Waals surface area contributed by atoms with E-state index >= 15 is 0 Å². The molecule has 0 radical (unpaired) electrons. The third kappa shape index (κ3) is 1.84. The van der Waals surface area contributed by atoms with E-state index in [1.807, 2.05) is 12.1 Å². The molecular formula is C14H15NO3. The number of nitrogens with one attached hydrogen (secondary N) is 1. The molecule has 1 unspecified atom stereocenters. The van der Waals surface area contributed by atoms with Gasteiger partial charge in [0.05, 0.1) is 12.2 Å². The van der Waals surface area contributed by atoms with E-state index in [9.17, 15) is 10.2 Å². The van der Waals surface area contributed by atoms with Gasteiger partial charge in [0.25, 0.3) is 0 Å². The molecule has 1 aromatic heterocycles. The zero-order valence-electron chi connectivity index (χ0n) is 9.89. The van der Waals surface area contributed by atoms with Crippen LogP contribution in [0.5, 0.6) is 11.5 Å². The summed E-state index contributed by atoms with van der Waals surface area (Å²) in [6.45, 7) is 1.62. The van der Waals surface area contributed by atoms with Crippen LogP contribution >= 0.6 is 0 Å². The Kier molecular flexibility index (Phi) is 2.72. The Hall–Kier alpha value is -1.94. The normalized spacial score (nSPS) is 19.2. The van der Waals surface area contributed by atoms with Crippen LogP contribution in [0.1, 0.15) is 22.8 Å². The second-order valence-corrected chi connectivity index (χ2v) is 4.56. The highest BCUT2D eigenvalue weighted by molar-refractivity contribution is 5.49. The van der Waals surface area contributed by atoms with Gasteiger partial charge in [-0.15, -0.1) is 0 Å². The second kappa shape index (κ2) is 4.38. The third-order valence-electron chi connectivity index (χ3n) is 3.42. The standard InChI is InChI=1S/C14H15NO3/c16-12-6-9-3-4-15-8-11(10(9)7-13(12)17)14-2-1-5-18-14/h1-2,5-7,11,15-17H,3-4,8H2. The maximum Gasteiger partial charge on any atom is 0.157 e. The van der Waals surface area contributed by atoms with Crippen LogP contribution in [0.25, 0.3) is 0 Å². The van der Waals surface area contributed by atoms with Crippen LogP contribution < -0.4 is 5.32 Å². The third-order valence-corrected chi connectivity index (χ3v) is 3.42. The van der Waals surface area contributed by atoms with Gasteiger partial charge in [-0.05, 0) is 48.4 Å². The molecule has 4 nitrogen and oxygen atoms in total. The first-order chi connectivity index (χ1) is 8.75. The highest BCUT2D eigenvalue weighted by Crippen LogP contribution is 2.36. The molecule has 0 aliphatic carbocycles. The van der Waals surface area contributed by atoms with Crippen LogP contribution in [0.15, 0.2) is 34.9 Å². The Labute approximate surface area is 105 Å². The minimum atomic E-state index is -0.0767. The molecule has 18 heavy (non-hydrogen) atoms. The van der Waals surface area contributed by atoms with Crippen LogP contribution in [0, 0.1) is 0 Å². The van der Waals surface area contributed by atoms with Crippen molar-refractivity contribution in [3.63, 3.8) is 0 Å². The lowest BCUT2D eigenvalue weighted by molar-refractivity contribution is 0.401. The molecule has 94 valence electrons. The molecule has 3 N–H and O–H groups in total. The molecule has 1 atom stereocenters. The van der Waals surface area contributed by atoms with Crippen LogP contribution in [-0.2, 0) is 6.42 Å². The number of phenols is 2. The fourth-order valence-corrected chi connectivity index (χ4v) is 2.50. The number of hydrogen-bond acceptors (Lipinski definition) is 4. The van der Waals surface area contributed by atoms with E-state index in [-0.39, 0.29) is 17.4 Å². The lowest BCUT2D eigenvalue weighted by Crippen LogP contribution is -2.20. The van der Waals surface area contributed by atoms with Crippen molar-refractivity contribution in [2.24, 2.45) is 0 Å². The summed E-state index contributed by atoms with van der Waals surface area (Å²) in [7, 11) is 0. The molecule has 0 spiro atoms. The van der Waals surface area contributed by atoms with Crippen LogP contribution in [0.3, 0.4) is 0 Å². The minimum Gasteiger partial charge on any atom is -0.504 e. The number of aromatic hydroxyl groups is 2. The lowest BCUT2D eigenvalue weighted by Gasteiger charge is -2.16. The van der Waals surface area contributed by atoms with Gasteiger partial charge >= 0.3 is 0 Å². The van der Waals surface area contributed by atoms with Gasteiger partial charge in [-0.3, -0.25) is 0 Å². The van der Waals surface area contributed by atoms with Gasteiger partial charge in [0, 0.05) is 6.54 Å². The maximum absolute atomic E-state index is 9.68. The second-order valence-electron chi connectivity index (χ2n) is 4.56. The quantitative estimate of drug-likeness (QED) is 0.672. The first kappa shape index (κ1) is 11.2. The van der Waals surface area contributed by atoms with Crippen molar-refractivity contribution in [1.29, 1.82) is 0 Å². The summed E-state index contributed by atoms with van der Waals surface area (Å²) in [5, 5.41) is 22.6. The molecule has 0 saturated heterocycles. The molecule has 1 aliphatic rings. The van der Waals surface area contributed by atoms with E-state index in [4.69, 9.17) is 4.42 Å². The number of furan rings is 1. The van der Waals surface area contributed by atoms with E-state index in [1.54, 1.807) is 18.4 Å². The summed E-state index contributed by atoms with van der Waals surface area (Å²) in [4.78, 5) is 0. The highest BCUT2D eigenvalue weighted by Gasteiger charge is 2.23. The Morgan fingerprint density at radius 2 is 2.06 bits per heavy atom. The average Bonchev–Trinajstić information content (AvgIpc) is 2.80. The number of benzene rings is 1. The summed E-state index contributed by atoms with van der Waals surface area (Å²) in [6, 6.07) is 7.09.